The van der Waals surface area contributed by atoms with Gasteiger partial charge in [0.25, 0.3) is 0 Å². The second-order valence-electron chi connectivity index (χ2n) is 9.08. The first-order valence-corrected chi connectivity index (χ1v) is 12.8. The van der Waals surface area contributed by atoms with Crippen LogP contribution in [0.2, 0.25) is 0 Å². The summed E-state index contributed by atoms with van der Waals surface area (Å²) in [7, 11) is -3.68. The van der Waals surface area contributed by atoms with Gasteiger partial charge in [0.2, 0.25) is 15.9 Å². The molecule has 2 aliphatic rings. The molecular formula is C22H35FN4O4S. The number of benzene rings is 1. The van der Waals surface area contributed by atoms with Crippen molar-refractivity contribution in [2.45, 2.75) is 43.7 Å². The maximum Gasteiger partial charge on any atom is 0.240 e. The fourth-order valence-corrected chi connectivity index (χ4v) is 5.49. The van der Waals surface area contributed by atoms with Crippen LogP contribution >= 0.6 is 0 Å². The van der Waals surface area contributed by atoms with E-state index in [-0.39, 0.29) is 22.9 Å². The molecule has 2 heterocycles. The van der Waals surface area contributed by atoms with Crippen LogP contribution in [-0.2, 0) is 19.6 Å². The van der Waals surface area contributed by atoms with E-state index in [1.807, 2.05) is 4.90 Å². The molecule has 1 amide bonds. The van der Waals surface area contributed by atoms with Gasteiger partial charge in [-0.2, -0.15) is 0 Å². The topological polar surface area (TPSA) is 91.0 Å². The van der Waals surface area contributed by atoms with Gasteiger partial charge in [-0.1, -0.05) is 13.8 Å². The van der Waals surface area contributed by atoms with Gasteiger partial charge >= 0.3 is 0 Å². The summed E-state index contributed by atoms with van der Waals surface area (Å²) in [5.41, 5.74) is 0. The van der Waals surface area contributed by atoms with Crippen molar-refractivity contribution in [3.05, 3.63) is 30.1 Å². The maximum atomic E-state index is 13.0. The molecule has 1 atom stereocenters. The number of nitrogens with one attached hydrogen (secondary N) is 2. The van der Waals surface area contributed by atoms with Crippen LogP contribution in [0.5, 0.6) is 0 Å². The number of carbonyl (C=O) groups excluding carboxylic acids is 1. The second kappa shape index (κ2) is 11.5. The Bertz CT molecular complexity index is 842. The molecule has 0 spiro atoms. The highest BCUT2D eigenvalue weighted by atomic mass is 32.2. The monoisotopic (exact) mass is 470 g/mol. The number of sulfonamides is 1. The molecule has 0 bridgehead atoms. The van der Waals surface area contributed by atoms with E-state index < -0.39 is 15.8 Å². The zero-order chi connectivity index (χ0) is 23.1. The Morgan fingerprint density at radius 2 is 1.84 bits per heavy atom. The first-order chi connectivity index (χ1) is 15.2. The number of morpholine rings is 1. The van der Waals surface area contributed by atoms with E-state index in [2.05, 4.69) is 28.8 Å². The van der Waals surface area contributed by atoms with Crippen LogP contribution in [0.4, 0.5) is 4.39 Å². The number of likely N-dealkylation sites (tertiary alicyclic amines) is 1. The number of nitrogens with zero attached hydrogens (tertiary/aromatic N) is 2. The van der Waals surface area contributed by atoms with E-state index in [0.29, 0.717) is 51.5 Å². The zero-order valence-electron chi connectivity index (χ0n) is 18.9. The van der Waals surface area contributed by atoms with Crippen LogP contribution in [0.1, 0.15) is 26.7 Å². The van der Waals surface area contributed by atoms with Gasteiger partial charge in [-0.3, -0.25) is 14.6 Å². The predicted molar refractivity (Wildman–Crippen MR) is 120 cm³/mol. The summed E-state index contributed by atoms with van der Waals surface area (Å²) >= 11 is 0. The minimum absolute atomic E-state index is 0.0121. The fourth-order valence-electron chi connectivity index (χ4n) is 4.18. The fraction of sp³-hybridized carbons (Fsp3) is 0.682. The molecule has 2 N–H and O–H groups in total. The summed E-state index contributed by atoms with van der Waals surface area (Å²) in [6.45, 7) is 9.94. The molecule has 2 fully saturated rings. The number of hydrogen-bond donors (Lipinski definition) is 2. The van der Waals surface area contributed by atoms with Crippen LogP contribution < -0.4 is 10.0 Å². The lowest BCUT2D eigenvalue weighted by molar-refractivity contribution is -0.123. The molecule has 1 aromatic rings. The maximum absolute atomic E-state index is 13.0. The normalized spacial score (nSPS) is 21.7. The summed E-state index contributed by atoms with van der Waals surface area (Å²) in [5, 5.41) is 2.97. The number of halogens is 1. The summed E-state index contributed by atoms with van der Waals surface area (Å²) in [5.74, 6) is 0.0878. The highest BCUT2D eigenvalue weighted by Gasteiger charge is 2.26. The van der Waals surface area contributed by atoms with Crippen molar-refractivity contribution in [2.75, 3.05) is 52.4 Å². The van der Waals surface area contributed by atoms with Crippen molar-refractivity contribution in [2.24, 2.45) is 5.92 Å². The number of ether oxygens (including phenoxy) is 1. The minimum atomic E-state index is -3.68. The van der Waals surface area contributed by atoms with Crippen molar-refractivity contribution >= 4 is 15.9 Å². The lowest BCUT2D eigenvalue weighted by Gasteiger charge is -2.34. The van der Waals surface area contributed by atoms with Gasteiger partial charge in [0.1, 0.15) is 5.82 Å². The largest absolute Gasteiger partial charge is 0.374 e. The van der Waals surface area contributed by atoms with Crippen molar-refractivity contribution in [1.29, 1.82) is 0 Å². The van der Waals surface area contributed by atoms with Gasteiger partial charge in [-0.15, -0.1) is 0 Å². The molecule has 32 heavy (non-hydrogen) atoms. The summed E-state index contributed by atoms with van der Waals surface area (Å²) in [4.78, 5) is 16.8. The molecule has 3 rings (SSSR count). The molecule has 1 unspecified atom stereocenters. The van der Waals surface area contributed by atoms with Gasteiger partial charge < -0.3 is 10.1 Å². The lowest BCUT2D eigenvalue weighted by atomic mass is 10.1. The number of amides is 1. The van der Waals surface area contributed by atoms with Crippen LogP contribution in [0.3, 0.4) is 0 Å². The predicted octanol–water partition coefficient (Wildman–Crippen LogP) is 1.04. The highest BCUT2D eigenvalue weighted by Crippen LogP contribution is 2.15. The molecule has 2 aliphatic heterocycles. The van der Waals surface area contributed by atoms with Gasteiger partial charge in [-0.05, 0) is 43.0 Å². The van der Waals surface area contributed by atoms with E-state index in [0.717, 1.165) is 31.8 Å². The number of piperidine rings is 1. The Kier molecular flexibility index (Phi) is 9.01. The first kappa shape index (κ1) is 25.0. The molecule has 0 radical (unpaired) electrons. The van der Waals surface area contributed by atoms with Gasteiger partial charge in [-0.25, -0.2) is 17.5 Å². The molecule has 8 nitrogen and oxygen atoms in total. The van der Waals surface area contributed by atoms with Crippen LogP contribution in [0.25, 0.3) is 0 Å². The summed E-state index contributed by atoms with van der Waals surface area (Å²) in [6, 6.07) is 4.59. The van der Waals surface area contributed by atoms with Crippen LogP contribution in [-0.4, -0.2) is 88.7 Å². The Balaban J connectivity index is 1.36. The van der Waals surface area contributed by atoms with E-state index in [4.69, 9.17) is 4.74 Å². The lowest BCUT2D eigenvalue weighted by Crippen LogP contribution is -2.50. The number of hydrogen-bond acceptors (Lipinski definition) is 6. The van der Waals surface area contributed by atoms with E-state index in [1.165, 1.54) is 12.1 Å². The van der Waals surface area contributed by atoms with Crippen molar-refractivity contribution in [3.8, 4) is 0 Å². The van der Waals surface area contributed by atoms with E-state index >= 15 is 0 Å². The molecule has 1 aromatic carbocycles. The second-order valence-corrected chi connectivity index (χ2v) is 10.8. The van der Waals surface area contributed by atoms with Crippen molar-refractivity contribution in [3.63, 3.8) is 0 Å². The molecular weight excluding hydrogens is 435 g/mol. The highest BCUT2D eigenvalue weighted by molar-refractivity contribution is 7.89. The third-order valence-electron chi connectivity index (χ3n) is 5.77. The number of carbonyl (C=O) groups is 1. The van der Waals surface area contributed by atoms with Crippen molar-refractivity contribution < 1.29 is 22.3 Å². The Morgan fingerprint density at radius 3 is 2.50 bits per heavy atom. The first-order valence-electron chi connectivity index (χ1n) is 11.3. The zero-order valence-corrected chi connectivity index (χ0v) is 19.7. The summed E-state index contributed by atoms with van der Waals surface area (Å²) < 4.78 is 46.4. The van der Waals surface area contributed by atoms with E-state index in [1.54, 1.807) is 0 Å². The Hall–Kier alpha value is -1.59. The van der Waals surface area contributed by atoms with E-state index in [9.17, 15) is 17.6 Å². The standard InChI is InChI=1S/C22H35FN4O4S/c1-17(2)14-27-11-12-31-20(15-27)13-24-22(28)16-26-9-7-19(8-10-26)25-32(29,30)21-5-3-18(23)4-6-21/h3-6,17,19-20,25H,7-16H2,1-2H3,(H,24,28). The quantitative estimate of drug-likeness (QED) is 0.561. The third-order valence-corrected chi connectivity index (χ3v) is 7.31. The van der Waals surface area contributed by atoms with Crippen LogP contribution in [0.15, 0.2) is 29.2 Å². The molecule has 0 aromatic heterocycles. The van der Waals surface area contributed by atoms with Crippen molar-refractivity contribution in [1.82, 2.24) is 19.8 Å². The Labute approximate surface area is 190 Å². The molecule has 10 heteroatoms. The SMILES string of the molecule is CC(C)CN1CCOC(CNC(=O)CN2CCC(NS(=O)(=O)c3ccc(F)cc3)CC2)C1. The van der Waals surface area contributed by atoms with Gasteiger partial charge in [0.15, 0.2) is 0 Å². The average molecular weight is 471 g/mol. The average Bonchev–Trinajstić information content (AvgIpc) is 2.74. The summed E-state index contributed by atoms with van der Waals surface area (Å²) in [6.07, 6.45) is 1.24. The molecule has 0 aliphatic carbocycles. The van der Waals surface area contributed by atoms with Gasteiger partial charge in [0, 0.05) is 45.3 Å². The van der Waals surface area contributed by atoms with Crippen LogP contribution in [0, 0.1) is 11.7 Å². The smallest absolute Gasteiger partial charge is 0.240 e. The third kappa shape index (κ3) is 7.77. The molecule has 180 valence electrons. The molecule has 2 saturated heterocycles. The number of rotatable bonds is 9. The van der Waals surface area contributed by atoms with Gasteiger partial charge in [0.05, 0.1) is 24.2 Å². The molecule has 0 saturated carbocycles. The Morgan fingerprint density at radius 1 is 1.16 bits per heavy atom. The minimum Gasteiger partial charge on any atom is -0.374 e.